The highest BCUT2D eigenvalue weighted by atomic mass is 35.5. The van der Waals surface area contributed by atoms with E-state index < -0.39 is 5.97 Å². The monoisotopic (exact) mass is 280 g/mol. The first kappa shape index (κ1) is 14.1. The van der Waals surface area contributed by atoms with Gasteiger partial charge < -0.3 is 5.11 Å². The summed E-state index contributed by atoms with van der Waals surface area (Å²) in [6, 6.07) is 6.83. The van der Waals surface area contributed by atoms with Gasteiger partial charge in [-0.05, 0) is 30.9 Å². The van der Waals surface area contributed by atoms with Crippen molar-refractivity contribution in [3.05, 3.63) is 34.9 Å². The fraction of sp³-hybridized carbons (Fsp3) is 0.467. The molecule has 4 heteroatoms. The van der Waals surface area contributed by atoms with Gasteiger partial charge in [0.25, 0.3) is 0 Å². The molecular weight excluding hydrogens is 264 g/mol. The van der Waals surface area contributed by atoms with Gasteiger partial charge >= 0.3 is 5.97 Å². The van der Waals surface area contributed by atoms with Crippen molar-refractivity contribution in [2.24, 2.45) is 11.8 Å². The number of aliphatic carboxylic acids is 1. The van der Waals surface area contributed by atoms with Gasteiger partial charge in [-0.15, -0.1) is 0 Å². The molecule has 1 aromatic carbocycles. The first-order valence-corrected chi connectivity index (χ1v) is 6.97. The highest BCUT2D eigenvalue weighted by Gasteiger charge is 2.32. The highest BCUT2D eigenvalue weighted by molar-refractivity contribution is 6.31. The summed E-state index contributed by atoms with van der Waals surface area (Å²) in [7, 11) is 0. The van der Waals surface area contributed by atoms with E-state index in [4.69, 9.17) is 11.6 Å². The average molecular weight is 281 g/mol. The molecule has 0 aromatic heterocycles. The van der Waals surface area contributed by atoms with Crippen LogP contribution in [-0.4, -0.2) is 16.9 Å². The summed E-state index contributed by atoms with van der Waals surface area (Å²) < 4.78 is 0. The van der Waals surface area contributed by atoms with Gasteiger partial charge in [-0.1, -0.05) is 36.6 Å². The van der Waals surface area contributed by atoms with Crippen LogP contribution in [0.5, 0.6) is 0 Å². The normalized spacial score (nSPS) is 23.0. The van der Waals surface area contributed by atoms with E-state index in [2.05, 4.69) is 0 Å². The molecule has 2 atom stereocenters. The molecule has 102 valence electrons. The molecule has 1 fully saturated rings. The Kier molecular flexibility index (Phi) is 4.59. The number of carbonyl (C=O) groups excluding carboxylic acids is 1. The third-order valence-electron chi connectivity index (χ3n) is 3.82. The van der Waals surface area contributed by atoms with Gasteiger partial charge in [-0.2, -0.15) is 0 Å². The average Bonchev–Trinajstić information content (AvgIpc) is 2.39. The fourth-order valence-corrected chi connectivity index (χ4v) is 2.99. The molecule has 1 aromatic rings. The van der Waals surface area contributed by atoms with Crippen molar-refractivity contribution >= 4 is 23.4 Å². The van der Waals surface area contributed by atoms with Gasteiger partial charge in [0.15, 0.2) is 5.78 Å². The number of Topliss-reactive ketones (excluding diaryl/α,β-unsaturated/α-hetero) is 1. The topological polar surface area (TPSA) is 54.4 Å². The Labute approximate surface area is 117 Å². The third-order valence-corrected chi connectivity index (χ3v) is 4.06. The number of carbonyl (C=O) groups is 2. The van der Waals surface area contributed by atoms with Crippen LogP contribution in [-0.2, 0) is 4.79 Å². The smallest absolute Gasteiger partial charge is 0.306 e. The summed E-state index contributed by atoms with van der Waals surface area (Å²) >= 11 is 5.86. The largest absolute Gasteiger partial charge is 0.481 e. The number of halogens is 1. The SMILES string of the molecule is O=C(CC1CCCCC1C(=O)O)c1cccc(Cl)c1. The first-order valence-electron chi connectivity index (χ1n) is 6.59. The minimum absolute atomic E-state index is 0.0133. The van der Waals surface area contributed by atoms with Crippen molar-refractivity contribution in [2.45, 2.75) is 32.1 Å². The molecule has 1 aliphatic carbocycles. The number of hydrogen-bond donors (Lipinski definition) is 1. The maximum absolute atomic E-state index is 12.2. The van der Waals surface area contributed by atoms with Crippen molar-refractivity contribution < 1.29 is 14.7 Å². The van der Waals surface area contributed by atoms with E-state index in [0.29, 0.717) is 23.4 Å². The van der Waals surface area contributed by atoms with E-state index in [1.165, 1.54) is 0 Å². The number of rotatable bonds is 4. The van der Waals surface area contributed by atoms with Crippen LogP contribution in [0.1, 0.15) is 42.5 Å². The van der Waals surface area contributed by atoms with Crippen LogP contribution in [0, 0.1) is 11.8 Å². The molecule has 19 heavy (non-hydrogen) atoms. The minimum atomic E-state index is -0.774. The van der Waals surface area contributed by atoms with Crippen molar-refractivity contribution in [3.63, 3.8) is 0 Å². The lowest BCUT2D eigenvalue weighted by Gasteiger charge is -2.27. The minimum Gasteiger partial charge on any atom is -0.481 e. The van der Waals surface area contributed by atoms with Gasteiger partial charge in [-0.3, -0.25) is 9.59 Å². The van der Waals surface area contributed by atoms with Crippen molar-refractivity contribution in [1.29, 1.82) is 0 Å². The second-order valence-corrected chi connectivity index (χ2v) is 5.56. The summed E-state index contributed by atoms with van der Waals surface area (Å²) in [4.78, 5) is 23.4. The Hall–Kier alpha value is -1.35. The molecule has 0 amide bonds. The zero-order valence-corrected chi connectivity index (χ0v) is 11.4. The van der Waals surface area contributed by atoms with Crippen LogP contribution < -0.4 is 0 Å². The summed E-state index contributed by atoms with van der Waals surface area (Å²) in [5.41, 5.74) is 0.571. The lowest BCUT2D eigenvalue weighted by atomic mass is 9.76. The van der Waals surface area contributed by atoms with Crippen molar-refractivity contribution in [1.82, 2.24) is 0 Å². The second kappa shape index (κ2) is 6.20. The van der Waals surface area contributed by atoms with Gasteiger partial charge in [0, 0.05) is 17.0 Å². The Morgan fingerprint density at radius 2 is 2.00 bits per heavy atom. The molecule has 0 heterocycles. The number of carboxylic acids is 1. The molecule has 3 nitrogen and oxygen atoms in total. The van der Waals surface area contributed by atoms with E-state index in [9.17, 15) is 14.7 Å². The molecule has 0 radical (unpaired) electrons. The van der Waals surface area contributed by atoms with Crippen LogP contribution in [0.25, 0.3) is 0 Å². The lowest BCUT2D eigenvalue weighted by Crippen LogP contribution is -2.28. The van der Waals surface area contributed by atoms with Crippen LogP contribution in [0.15, 0.2) is 24.3 Å². The van der Waals surface area contributed by atoms with Crippen LogP contribution in [0.2, 0.25) is 5.02 Å². The Morgan fingerprint density at radius 1 is 1.26 bits per heavy atom. The Balaban J connectivity index is 2.07. The van der Waals surface area contributed by atoms with Crippen LogP contribution >= 0.6 is 11.6 Å². The summed E-state index contributed by atoms with van der Waals surface area (Å²) in [5, 5.41) is 9.74. The van der Waals surface area contributed by atoms with Crippen molar-refractivity contribution in [3.8, 4) is 0 Å². The third kappa shape index (κ3) is 3.57. The molecule has 2 unspecified atom stereocenters. The predicted octanol–water partition coefficient (Wildman–Crippen LogP) is 3.80. The standard InChI is InChI=1S/C15H17ClO3/c16-12-6-3-5-11(8-12)14(17)9-10-4-1-2-7-13(10)15(18)19/h3,5-6,8,10,13H,1-2,4,7,9H2,(H,18,19). The second-order valence-electron chi connectivity index (χ2n) is 5.13. The van der Waals surface area contributed by atoms with Crippen LogP contribution in [0.4, 0.5) is 0 Å². The maximum Gasteiger partial charge on any atom is 0.306 e. The molecule has 0 bridgehead atoms. The summed E-state index contributed by atoms with van der Waals surface area (Å²) in [5.74, 6) is -1.21. The fourth-order valence-electron chi connectivity index (χ4n) is 2.80. The molecular formula is C15H17ClO3. The quantitative estimate of drug-likeness (QED) is 0.854. The van der Waals surface area contributed by atoms with Gasteiger partial charge in [0.2, 0.25) is 0 Å². The van der Waals surface area contributed by atoms with Gasteiger partial charge in [-0.25, -0.2) is 0 Å². The van der Waals surface area contributed by atoms with Crippen LogP contribution in [0.3, 0.4) is 0 Å². The maximum atomic E-state index is 12.2. The molecule has 1 N–H and O–H groups in total. The summed E-state index contributed by atoms with van der Waals surface area (Å²) in [6.07, 6.45) is 3.76. The lowest BCUT2D eigenvalue weighted by molar-refractivity contribution is -0.144. The number of carboxylic acid groups (broad SMARTS) is 1. The van der Waals surface area contributed by atoms with Gasteiger partial charge in [0.1, 0.15) is 0 Å². The molecule has 0 aliphatic heterocycles. The van der Waals surface area contributed by atoms with E-state index in [0.717, 1.165) is 19.3 Å². The first-order chi connectivity index (χ1) is 9.08. The zero-order chi connectivity index (χ0) is 13.8. The number of benzene rings is 1. The van der Waals surface area contributed by atoms with Crippen molar-refractivity contribution in [2.75, 3.05) is 0 Å². The number of hydrogen-bond acceptors (Lipinski definition) is 2. The molecule has 1 saturated carbocycles. The molecule has 0 saturated heterocycles. The summed E-state index contributed by atoms with van der Waals surface area (Å²) in [6.45, 7) is 0. The zero-order valence-electron chi connectivity index (χ0n) is 10.6. The number of ketones is 1. The Bertz CT molecular complexity index is 484. The molecule has 0 spiro atoms. The van der Waals surface area contributed by atoms with Gasteiger partial charge in [0.05, 0.1) is 5.92 Å². The molecule has 2 rings (SSSR count). The van der Waals surface area contributed by atoms with E-state index in [-0.39, 0.29) is 17.6 Å². The predicted molar refractivity (Wildman–Crippen MR) is 73.5 cm³/mol. The molecule has 1 aliphatic rings. The van der Waals surface area contributed by atoms with E-state index in [1.807, 2.05) is 0 Å². The Morgan fingerprint density at radius 3 is 2.68 bits per heavy atom. The van der Waals surface area contributed by atoms with E-state index in [1.54, 1.807) is 24.3 Å². The van der Waals surface area contributed by atoms with E-state index >= 15 is 0 Å². The highest BCUT2D eigenvalue weighted by Crippen LogP contribution is 2.33.